The van der Waals surface area contributed by atoms with E-state index in [2.05, 4.69) is 25.7 Å². The van der Waals surface area contributed by atoms with Crippen LogP contribution in [0.4, 0.5) is 0 Å². The fraction of sp³-hybridized carbons (Fsp3) is 0.364. The van der Waals surface area contributed by atoms with Crippen molar-refractivity contribution in [1.82, 2.24) is 5.32 Å². The van der Waals surface area contributed by atoms with Crippen molar-refractivity contribution in [3.05, 3.63) is 65.0 Å². The highest BCUT2D eigenvalue weighted by Crippen LogP contribution is 2.46. The van der Waals surface area contributed by atoms with Gasteiger partial charge in [-0.1, -0.05) is 38.6 Å². The van der Waals surface area contributed by atoms with E-state index in [1.54, 1.807) is 24.3 Å². The van der Waals surface area contributed by atoms with Crippen LogP contribution in [0.25, 0.3) is 0 Å². The molecular weight excluding hydrogens is 342 g/mol. The predicted octanol–water partition coefficient (Wildman–Crippen LogP) is 3.73. The number of benzene rings is 1. The molecule has 5 nitrogen and oxygen atoms in total. The molecule has 0 bridgehead atoms. The topological polar surface area (TPSA) is 75.6 Å². The minimum absolute atomic E-state index is 0.0355. The van der Waals surface area contributed by atoms with Crippen LogP contribution in [0.3, 0.4) is 0 Å². The van der Waals surface area contributed by atoms with E-state index in [-0.39, 0.29) is 23.6 Å². The lowest BCUT2D eigenvalue weighted by Gasteiger charge is -2.39. The molecule has 2 aliphatic rings. The monoisotopic (exact) mass is 367 g/mol. The minimum Gasteiger partial charge on any atom is -0.508 e. The summed E-state index contributed by atoms with van der Waals surface area (Å²) in [6.07, 6.45) is 2.67. The van der Waals surface area contributed by atoms with E-state index >= 15 is 0 Å². The van der Waals surface area contributed by atoms with Gasteiger partial charge in [0.1, 0.15) is 12.4 Å². The van der Waals surface area contributed by atoms with Crippen LogP contribution in [-0.4, -0.2) is 23.5 Å². The number of phenolic OH excluding ortho intramolecular Hbond substituents is 1. The van der Waals surface area contributed by atoms with E-state index in [4.69, 9.17) is 4.74 Å². The Bertz CT molecular complexity index is 859. The lowest BCUT2D eigenvalue weighted by molar-refractivity contribution is -0.138. The Morgan fingerprint density at radius 3 is 2.63 bits per heavy atom. The fourth-order valence-electron chi connectivity index (χ4n) is 3.92. The smallest absolute Gasteiger partial charge is 0.337 e. The molecule has 1 aliphatic heterocycles. The molecule has 142 valence electrons. The molecule has 2 N–H and O–H groups in total. The number of ketones is 1. The Hall–Kier alpha value is -2.82. The number of rotatable bonds is 4. The average Bonchev–Trinajstić information content (AvgIpc) is 2.58. The molecule has 1 aromatic rings. The van der Waals surface area contributed by atoms with Gasteiger partial charge in [-0.15, -0.1) is 0 Å². The predicted molar refractivity (Wildman–Crippen MR) is 103 cm³/mol. The van der Waals surface area contributed by atoms with Crippen molar-refractivity contribution in [1.29, 1.82) is 0 Å². The zero-order valence-electron chi connectivity index (χ0n) is 16.0. The number of carbonyl (C=O) groups is 2. The lowest BCUT2D eigenvalue weighted by Crippen LogP contribution is -2.38. The number of ether oxygens (including phenoxy) is 1. The van der Waals surface area contributed by atoms with Crippen molar-refractivity contribution in [3.63, 3.8) is 0 Å². The van der Waals surface area contributed by atoms with Crippen molar-refractivity contribution >= 4 is 11.8 Å². The van der Waals surface area contributed by atoms with Crippen LogP contribution in [0.2, 0.25) is 0 Å². The molecule has 27 heavy (non-hydrogen) atoms. The molecule has 0 saturated carbocycles. The Morgan fingerprint density at radius 1 is 1.33 bits per heavy atom. The average molecular weight is 367 g/mol. The van der Waals surface area contributed by atoms with Crippen LogP contribution in [0, 0.1) is 5.41 Å². The van der Waals surface area contributed by atoms with Gasteiger partial charge in [-0.05, 0) is 36.5 Å². The quantitative estimate of drug-likeness (QED) is 0.626. The Kier molecular flexibility index (Phi) is 4.96. The highest BCUT2D eigenvalue weighted by molar-refractivity contribution is 6.04. The van der Waals surface area contributed by atoms with E-state index in [0.29, 0.717) is 23.3 Å². The minimum atomic E-state index is -0.511. The SMILES string of the molecule is C=CCOC(=O)C1=C(C)NC2=C(C(=O)CC(C)(C)C2)C1c1ccc(O)cc1. The molecule has 0 amide bonds. The molecule has 5 heteroatoms. The van der Waals surface area contributed by atoms with Crippen LogP contribution in [0.5, 0.6) is 5.75 Å². The van der Waals surface area contributed by atoms with Crippen LogP contribution < -0.4 is 5.32 Å². The standard InChI is InChI=1S/C22H25NO4/c1-5-10-27-21(26)18-13(2)23-16-11-22(3,4)12-17(25)20(16)19(18)14-6-8-15(24)9-7-14/h5-9,19,23-24H,1,10-12H2,2-4H3. The molecule has 3 rings (SSSR count). The summed E-state index contributed by atoms with van der Waals surface area (Å²) in [6.45, 7) is 9.64. The van der Waals surface area contributed by atoms with Crippen molar-refractivity contribution < 1.29 is 19.4 Å². The van der Waals surface area contributed by atoms with Gasteiger partial charge in [0, 0.05) is 29.3 Å². The first-order chi connectivity index (χ1) is 12.7. The first kappa shape index (κ1) is 19.0. The highest BCUT2D eigenvalue weighted by atomic mass is 16.5. The van der Waals surface area contributed by atoms with E-state index in [0.717, 1.165) is 17.7 Å². The number of dihydropyridines is 1. The molecule has 0 aromatic heterocycles. The molecule has 1 unspecified atom stereocenters. The summed E-state index contributed by atoms with van der Waals surface area (Å²) < 4.78 is 5.29. The third-order valence-electron chi connectivity index (χ3n) is 5.02. The van der Waals surface area contributed by atoms with Crippen LogP contribution in [-0.2, 0) is 14.3 Å². The van der Waals surface area contributed by atoms with E-state index in [1.165, 1.54) is 6.08 Å². The van der Waals surface area contributed by atoms with Gasteiger partial charge in [-0.2, -0.15) is 0 Å². The van der Waals surface area contributed by atoms with Gasteiger partial charge >= 0.3 is 5.97 Å². The van der Waals surface area contributed by atoms with Crippen LogP contribution in [0.15, 0.2) is 59.5 Å². The molecule has 0 radical (unpaired) electrons. The Morgan fingerprint density at radius 2 is 2.00 bits per heavy atom. The number of hydrogen-bond acceptors (Lipinski definition) is 5. The number of phenols is 1. The van der Waals surface area contributed by atoms with Crippen LogP contribution >= 0.6 is 0 Å². The number of aromatic hydroxyl groups is 1. The van der Waals surface area contributed by atoms with Crippen molar-refractivity contribution in [3.8, 4) is 5.75 Å². The number of hydrogen-bond donors (Lipinski definition) is 2. The molecule has 1 heterocycles. The normalized spacial score (nSPS) is 21.4. The van der Waals surface area contributed by atoms with Gasteiger partial charge in [-0.3, -0.25) is 4.79 Å². The molecule has 1 aliphatic carbocycles. The first-order valence-electron chi connectivity index (χ1n) is 9.04. The van der Waals surface area contributed by atoms with Gasteiger partial charge in [0.2, 0.25) is 0 Å². The molecule has 0 spiro atoms. The lowest BCUT2D eigenvalue weighted by atomic mass is 9.68. The summed E-state index contributed by atoms with van der Waals surface area (Å²) >= 11 is 0. The summed E-state index contributed by atoms with van der Waals surface area (Å²) in [4.78, 5) is 25.8. The van der Waals surface area contributed by atoms with E-state index in [9.17, 15) is 14.7 Å². The van der Waals surface area contributed by atoms with Crippen LogP contribution in [0.1, 0.15) is 45.1 Å². The summed E-state index contributed by atoms with van der Waals surface area (Å²) in [6, 6.07) is 6.63. The molecule has 0 saturated heterocycles. The summed E-state index contributed by atoms with van der Waals surface area (Å²) in [7, 11) is 0. The molecule has 1 aromatic carbocycles. The maximum Gasteiger partial charge on any atom is 0.337 e. The zero-order chi connectivity index (χ0) is 19.8. The summed E-state index contributed by atoms with van der Waals surface area (Å²) in [5.41, 5.74) is 3.24. The number of carbonyl (C=O) groups excluding carboxylic acids is 2. The van der Waals surface area contributed by atoms with Crippen molar-refractivity contribution in [2.24, 2.45) is 5.41 Å². The number of esters is 1. The molecule has 1 atom stereocenters. The van der Waals surface area contributed by atoms with Crippen molar-refractivity contribution in [2.45, 2.75) is 39.5 Å². The maximum atomic E-state index is 13.0. The Balaban J connectivity index is 2.14. The largest absolute Gasteiger partial charge is 0.508 e. The Labute approximate surface area is 159 Å². The fourth-order valence-corrected chi connectivity index (χ4v) is 3.92. The highest BCUT2D eigenvalue weighted by Gasteiger charge is 2.43. The molecular formula is C22H25NO4. The third-order valence-corrected chi connectivity index (χ3v) is 5.02. The van der Waals surface area contributed by atoms with Gasteiger partial charge in [0.15, 0.2) is 5.78 Å². The first-order valence-corrected chi connectivity index (χ1v) is 9.04. The second-order valence-electron chi connectivity index (χ2n) is 7.91. The summed E-state index contributed by atoms with van der Waals surface area (Å²) in [5, 5.41) is 12.9. The van der Waals surface area contributed by atoms with E-state index in [1.807, 2.05) is 6.92 Å². The second-order valence-corrected chi connectivity index (χ2v) is 7.91. The van der Waals surface area contributed by atoms with Gasteiger partial charge < -0.3 is 15.2 Å². The summed E-state index contributed by atoms with van der Waals surface area (Å²) in [5.74, 6) is -0.812. The number of nitrogens with one attached hydrogen (secondary N) is 1. The van der Waals surface area contributed by atoms with E-state index < -0.39 is 11.9 Å². The van der Waals surface area contributed by atoms with Gasteiger partial charge in [0.25, 0.3) is 0 Å². The number of Topliss-reactive ketones (excluding diaryl/α,β-unsaturated/α-hetero) is 1. The third kappa shape index (κ3) is 3.68. The zero-order valence-corrected chi connectivity index (χ0v) is 16.0. The van der Waals surface area contributed by atoms with Gasteiger partial charge in [-0.25, -0.2) is 4.79 Å². The number of allylic oxidation sites excluding steroid dienone is 3. The molecule has 0 fully saturated rings. The maximum absolute atomic E-state index is 13.0. The van der Waals surface area contributed by atoms with Crippen molar-refractivity contribution in [2.75, 3.05) is 6.61 Å². The van der Waals surface area contributed by atoms with Gasteiger partial charge in [0.05, 0.1) is 5.57 Å². The second kappa shape index (κ2) is 7.06.